The Morgan fingerprint density at radius 2 is 2.25 bits per heavy atom. The molecule has 1 rings (SSSR count). The molecule has 1 aliphatic rings. The second-order valence-electron chi connectivity index (χ2n) is 2.03. The fourth-order valence-electron chi connectivity index (χ4n) is 0.718. The third-order valence-corrected chi connectivity index (χ3v) is 1.23. The van der Waals surface area contributed by atoms with Crippen LogP contribution < -0.4 is 0 Å². The molecule has 0 fully saturated rings. The maximum absolute atomic E-state index is 3.94. The van der Waals surface area contributed by atoms with Gasteiger partial charge >= 0.3 is 0 Å². The third kappa shape index (κ3) is 0.941. The lowest BCUT2D eigenvalue weighted by atomic mass is 10.2. The normalized spacial score (nSPS) is 18.2. The first-order valence-electron chi connectivity index (χ1n) is 2.91. The van der Waals surface area contributed by atoms with Crippen LogP contribution in [0.15, 0.2) is 10.2 Å². The number of hydrogen-bond acceptors (Lipinski definition) is 2. The van der Waals surface area contributed by atoms with E-state index < -0.39 is 0 Å². The van der Waals surface area contributed by atoms with Gasteiger partial charge in [-0.1, -0.05) is 6.92 Å². The molecule has 8 heavy (non-hydrogen) atoms. The van der Waals surface area contributed by atoms with Gasteiger partial charge in [0, 0.05) is 17.8 Å². The van der Waals surface area contributed by atoms with Crippen molar-refractivity contribution in [2.45, 2.75) is 26.7 Å². The smallest absolute Gasteiger partial charge is 0.0459 e. The highest BCUT2D eigenvalue weighted by Gasteiger charge is 2.03. The van der Waals surface area contributed by atoms with Gasteiger partial charge in [-0.05, 0) is 13.3 Å². The van der Waals surface area contributed by atoms with E-state index in [-0.39, 0.29) is 0 Å². The maximum Gasteiger partial charge on any atom is 0.0459 e. The van der Waals surface area contributed by atoms with Crippen LogP contribution in [0.2, 0.25) is 0 Å². The summed E-state index contributed by atoms with van der Waals surface area (Å²) in [5.74, 6) is 0. The summed E-state index contributed by atoms with van der Waals surface area (Å²) in [4.78, 5) is 0. The Labute approximate surface area is 49.3 Å². The summed E-state index contributed by atoms with van der Waals surface area (Å²) < 4.78 is 0. The zero-order valence-corrected chi connectivity index (χ0v) is 5.31. The van der Waals surface area contributed by atoms with E-state index in [1.807, 2.05) is 6.92 Å². The van der Waals surface area contributed by atoms with Crippen molar-refractivity contribution >= 4 is 11.4 Å². The van der Waals surface area contributed by atoms with E-state index in [0.29, 0.717) is 0 Å². The molecule has 0 spiro atoms. The molecular weight excluding hydrogens is 100 g/mol. The molecule has 0 amide bonds. The van der Waals surface area contributed by atoms with Gasteiger partial charge in [-0.25, -0.2) is 0 Å². The second-order valence-corrected chi connectivity index (χ2v) is 2.03. The number of rotatable bonds is 1. The second kappa shape index (κ2) is 2.07. The minimum absolute atomic E-state index is 0.997. The van der Waals surface area contributed by atoms with Crippen molar-refractivity contribution in [1.82, 2.24) is 0 Å². The predicted octanol–water partition coefficient (Wildman–Crippen LogP) is 1.62. The summed E-state index contributed by atoms with van der Waals surface area (Å²) in [5.41, 5.74) is 2.35. The van der Waals surface area contributed by atoms with E-state index in [9.17, 15) is 0 Å². The van der Waals surface area contributed by atoms with Crippen molar-refractivity contribution in [1.29, 1.82) is 0 Å². The molecule has 1 heterocycles. The first-order chi connectivity index (χ1) is 3.83. The molecule has 2 heteroatoms. The van der Waals surface area contributed by atoms with Crippen LogP contribution >= 0.6 is 0 Å². The molecule has 0 aromatic heterocycles. The van der Waals surface area contributed by atoms with Crippen molar-refractivity contribution < 1.29 is 0 Å². The molecule has 0 bridgehead atoms. The van der Waals surface area contributed by atoms with Gasteiger partial charge in [0.1, 0.15) is 0 Å². The van der Waals surface area contributed by atoms with Crippen LogP contribution in [0.5, 0.6) is 0 Å². The van der Waals surface area contributed by atoms with Gasteiger partial charge in [-0.3, -0.25) is 0 Å². The number of nitrogens with zero attached hydrogens (tertiary/aromatic N) is 2. The summed E-state index contributed by atoms with van der Waals surface area (Å²) in [5, 5.41) is 7.83. The lowest BCUT2D eigenvalue weighted by molar-refractivity contribution is 1.19. The van der Waals surface area contributed by atoms with E-state index in [2.05, 4.69) is 17.1 Å². The summed E-state index contributed by atoms with van der Waals surface area (Å²) >= 11 is 0. The van der Waals surface area contributed by atoms with E-state index in [4.69, 9.17) is 0 Å². The van der Waals surface area contributed by atoms with Gasteiger partial charge in [0.05, 0.1) is 0 Å². The average Bonchev–Trinajstić information content (AvgIpc) is 2.14. The Balaban J connectivity index is 2.49. The summed E-state index contributed by atoms with van der Waals surface area (Å²) in [6, 6.07) is 0. The van der Waals surface area contributed by atoms with Gasteiger partial charge in [0.2, 0.25) is 0 Å². The molecule has 0 atom stereocenters. The molecule has 0 radical (unpaired) electrons. The molecule has 1 aliphatic heterocycles. The molecule has 44 valence electrons. The van der Waals surface area contributed by atoms with Crippen molar-refractivity contribution in [3.8, 4) is 0 Å². The van der Waals surface area contributed by atoms with Crippen LogP contribution in [0.3, 0.4) is 0 Å². The Bertz CT molecular complexity index is 145. The minimum Gasteiger partial charge on any atom is -0.160 e. The molecule has 0 N–H and O–H groups in total. The Morgan fingerprint density at radius 1 is 1.50 bits per heavy atom. The van der Waals surface area contributed by atoms with E-state index in [0.717, 1.165) is 18.6 Å². The lowest BCUT2D eigenvalue weighted by Crippen LogP contribution is -1.95. The van der Waals surface area contributed by atoms with Gasteiger partial charge < -0.3 is 0 Å². The third-order valence-electron chi connectivity index (χ3n) is 1.23. The van der Waals surface area contributed by atoms with Crippen LogP contribution in [0.1, 0.15) is 26.7 Å². The Hall–Kier alpha value is -0.660. The highest BCUT2D eigenvalue weighted by Crippen LogP contribution is 2.03. The zero-order valence-electron chi connectivity index (χ0n) is 5.31. The van der Waals surface area contributed by atoms with Crippen LogP contribution in [-0.4, -0.2) is 11.4 Å². The highest BCUT2D eigenvalue weighted by atomic mass is 15.2. The monoisotopic (exact) mass is 110 g/mol. The fraction of sp³-hybridized carbons (Fsp3) is 0.667. The van der Waals surface area contributed by atoms with Gasteiger partial charge in [-0.2, -0.15) is 10.2 Å². The predicted molar refractivity (Wildman–Crippen MR) is 35.5 cm³/mol. The van der Waals surface area contributed by atoms with E-state index in [1.165, 1.54) is 5.71 Å². The molecule has 0 aromatic carbocycles. The highest BCUT2D eigenvalue weighted by molar-refractivity contribution is 6.06. The topological polar surface area (TPSA) is 24.7 Å². The van der Waals surface area contributed by atoms with Gasteiger partial charge in [-0.15, -0.1) is 0 Å². The van der Waals surface area contributed by atoms with Crippen LogP contribution in [0.25, 0.3) is 0 Å². The maximum atomic E-state index is 3.94. The van der Waals surface area contributed by atoms with Gasteiger partial charge in [0.25, 0.3) is 0 Å². The van der Waals surface area contributed by atoms with Crippen LogP contribution in [-0.2, 0) is 0 Å². The Morgan fingerprint density at radius 3 is 2.50 bits per heavy atom. The Kier molecular flexibility index (Phi) is 1.42. The molecule has 0 unspecified atom stereocenters. The zero-order chi connectivity index (χ0) is 5.98. The molecule has 0 saturated heterocycles. The number of hydrogen-bond donors (Lipinski definition) is 0. The van der Waals surface area contributed by atoms with E-state index >= 15 is 0 Å². The quantitative estimate of drug-likeness (QED) is 0.490. The molecular formula is C6H10N2. The van der Waals surface area contributed by atoms with Crippen molar-refractivity contribution in [2.24, 2.45) is 10.2 Å². The summed E-state index contributed by atoms with van der Waals surface area (Å²) in [6.45, 7) is 4.11. The fourth-order valence-corrected chi connectivity index (χ4v) is 0.718. The average molecular weight is 110 g/mol. The summed E-state index contributed by atoms with van der Waals surface area (Å²) in [7, 11) is 0. The van der Waals surface area contributed by atoms with Crippen LogP contribution in [0.4, 0.5) is 0 Å². The first-order valence-corrected chi connectivity index (χ1v) is 2.91. The standard InChI is InChI=1S/C6H10N2/c1-3-6-4-5(2)7-8-6/h3-4H2,1-2H3. The molecule has 2 nitrogen and oxygen atoms in total. The summed E-state index contributed by atoms with van der Waals surface area (Å²) in [6.07, 6.45) is 2.04. The van der Waals surface area contributed by atoms with Crippen molar-refractivity contribution in [3.63, 3.8) is 0 Å². The van der Waals surface area contributed by atoms with Crippen LogP contribution in [0, 0.1) is 0 Å². The SMILES string of the molecule is CCC1=NN=C(C)C1. The first kappa shape index (κ1) is 5.48. The minimum atomic E-state index is 0.997. The molecule has 0 aromatic rings. The lowest BCUT2D eigenvalue weighted by Gasteiger charge is -1.87. The van der Waals surface area contributed by atoms with Crippen molar-refractivity contribution in [3.05, 3.63) is 0 Å². The van der Waals surface area contributed by atoms with Crippen molar-refractivity contribution in [2.75, 3.05) is 0 Å². The molecule has 0 aliphatic carbocycles. The van der Waals surface area contributed by atoms with E-state index in [1.54, 1.807) is 0 Å². The largest absolute Gasteiger partial charge is 0.160 e. The van der Waals surface area contributed by atoms with Gasteiger partial charge in [0.15, 0.2) is 0 Å². The molecule has 0 saturated carbocycles.